The average Bonchev–Trinajstić information content (AvgIpc) is 2.97. The molecule has 0 bridgehead atoms. The van der Waals surface area contributed by atoms with Crippen molar-refractivity contribution in [1.29, 1.82) is 5.41 Å². The number of imidazole rings is 1. The van der Waals surface area contributed by atoms with E-state index in [4.69, 9.17) is 16.9 Å². The molecule has 2 aromatic carbocycles. The molecular weight excluding hydrogens is 304 g/mol. The van der Waals surface area contributed by atoms with Crippen molar-refractivity contribution in [2.45, 2.75) is 0 Å². The highest BCUT2D eigenvalue weighted by molar-refractivity contribution is 6.00. The minimum Gasteiger partial charge on any atom is -0.397 e. The lowest BCUT2D eigenvalue weighted by Crippen LogP contribution is -2.13. The summed E-state index contributed by atoms with van der Waals surface area (Å²) in [5.74, 6) is 0.353. The van der Waals surface area contributed by atoms with E-state index in [0.717, 1.165) is 5.39 Å². The number of benzene rings is 2. The topological polar surface area (TPSA) is 137 Å². The van der Waals surface area contributed by atoms with Crippen molar-refractivity contribution < 1.29 is 0 Å². The average molecular weight is 318 g/mol. The van der Waals surface area contributed by atoms with E-state index in [1.54, 1.807) is 24.3 Å². The van der Waals surface area contributed by atoms with E-state index in [1.165, 1.54) is 0 Å². The van der Waals surface area contributed by atoms with Gasteiger partial charge in [0.2, 0.25) is 0 Å². The molecule has 4 rings (SSSR count). The van der Waals surface area contributed by atoms with Gasteiger partial charge in [-0.15, -0.1) is 0 Å². The molecule has 0 aliphatic heterocycles. The van der Waals surface area contributed by atoms with Gasteiger partial charge in [-0.1, -0.05) is 18.2 Å². The molecule has 2 aromatic heterocycles. The number of nitrogens with zero attached hydrogens (tertiary/aromatic N) is 1. The first-order valence-electron chi connectivity index (χ1n) is 7.29. The number of nitrogens with one attached hydrogen (secondary N) is 3. The molecule has 7 nitrogen and oxygen atoms in total. The first-order valence-corrected chi connectivity index (χ1v) is 7.29. The summed E-state index contributed by atoms with van der Waals surface area (Å²) in [6.45, 7) is 0. The van der Waals surface area contributed by atoms with Crippen molar-refractivity contribution in [3.05, 3.63) is 58.4 Å². The number of pyridine rings is 1. The lowest BCUT2D eigenvalue weighted by Gasteiger charge is -2.06. The molecule has 0 amide bonds. The maximum atomic E-state index is 12.5. The third-order valence-electron chi connectivity index (χ3n) is 3.99. The van der Waals surface area contributed by atoms with Crippen molar-refractivity contribution in [1.82, 2.24) is 15.0 Å². The van der Waals surface area contributed by atoms with E-state index in [0.29, 0.717) is 39.2 Å². The summed E-state index contributed by atoms with van der Waals surface area (Å²) in [6.07, 6.45) is 0. The first-order chi connectivity index (χ1) is 11.5. The third-order valence-corrected chi connectivity index (χ3v) is 3.99. The summed E-state index contributed by atoms with van der Waals surface area (Å²) >= 11 is 0. The van der Waals surface area contributed by atoms with E-state index in [1.807, 2.05) is 18.2 Å². The number of fused-ring (bicyclic) bond motifs is 2. The van der Waals surface area contributed by atoms with Crippen LogP contribution in [0.4, 0.5) is 5.69 Å². The summed E-state index contributed by atoms with van der Waals surface area (Å²) in [5.41, 5.74) is 14.7. The minimum atomic E-state index is -0.308. The Labute approximate surface area is 135 Å². The van der Waals surface area contributed by atoms with Crippen LogP contribution in [0.1, 0.15) is 5.56 Å². The van der Waals surface area contributed by atoms with Gasteiger partial charge in [-0.3, -0.25) is 10.2 Å². The standard InChI is InChI=1S/C17H14N6O/c18-14-9-3-1-2-4-10(9)23-17(24)13(14)16-21-11-6-5-8(15(19)20)7-12(11)22-16/h1-7H,(H3,19,20)(H,21,22)(H3,18,23,24). The summed E-state index contributed by atoms with van der Waals surface area (Å²) in [7, 11) is 0. The Kier molecular flexibility index (Phi) is 2.89. The lowest BCUT2D eigenvalue weighted by molar-refractivity contribution is 1.25. The zero-order valence-electron chi connectivity index (χ0n) is 12.6. The number of rotatable bonds is 2. The zero-order valence-corrected chi connectivity index (χ0v) is 12.6. The van der Waals surface area contributed by atoms with Gasteiger partial charge in [0.25, 0.3) is 5.56 Å². The van der Waals surface area contributed by atoms with Crippen LogP contribution in [0.2, 0.25) is 0 Å². The van der Waals surface area contributed by atoms with Gasteiger partial charge in [-0.2, -0.15) is 0 Å². The Balaban J connectivity index is 1.99. The van der Waals surface area contributed by atoms with E-state index < -0.39 is 0 Å². The van der Waals surface area contributed by atoms with Crippen LogP contribution in [-0.4, -0.2) is 20.8 Å². The molecular formula is C17H14N6O. The Bertz CT molecular complexity index is 1170. The zero-order chi connectivity index (χ0) is 16.8. The number of nitrogens with two attached hydrogens (primary N) is 2. The molecule has 0 atom stereocenters. The monoisotopic (exact) mass is 318 g/mol. The number of nitrogen functional groups attached to an aromatic ring is 2. The van der Waals surface area contributed by atoms with Crippen LogP contribution < -0.4 is 17.0 Å². The Morgan fingerprint density at radius 1 is 1.08 bits per heavy atom. The highest BCUT2D eigenvalue weighted by Crippen LogP contribution is 2.28. The molecule has 0 fully saturated rings. The van der Waals surface area contributed by atoms with Crippen LogP contribution in [0.25, 0.3) is 33.3 Å². The van der Waals surface area contributed by atoms with Crippen LogP contribution in [-0.2, 0) is 0 Å². The van der Waals surface area contributed by atoms with Crippen LogP contribution in [0.15, 0.2) is 47.3 Å². The predicted molar refractivity (Wildman–Crippen MR) is 95.1 cm³/mol. The number of anilines is 1. The second-order valence-corrected chi connectivity index (χ2v) is 5.52. The van der Waals surface area contributed by atoms with Crippen molar-refractivity contribution in [2.75, 3.05) is 5.73 Å². The molecule has 2 heterocycles. The summed E-state index contributed by atoms with van der Waals surface area (Å²) in [4.78, 5) is 22.8. The number of hydrogen-bond acceptors (Lipinski definition) is 4. The van der Waals surface area contributed by atoms with Gasteiger partial charge in [0.15, 0.2) is 0 Å². The van der Waals surface area contributed by atoms with Crippen molar-refractivity contribution in [2.24, 2.45) is 5.73 Å². The number of aromatic amines is 2. The molecule has 0 radical (unpaired) electrons. The molecule has 7 N–H and O–H groups in total. The molecule has 0 saturated carbocycles. The smallest absolute Gasteiger partial charge is 0.261 e. The fourth-order valence-corrected chi connectivity index (χ4v) is 2.80. The van der Waals surface area contributed by atoms with Gasteiger partial charge in [0, 0.05) is 10.9 Å². The minimum absolute atomic E-state index is 0.0314. The molecule has 4 aromatic rings. The number of hydrogen-bond donors (Lipinski definition) is 5. The molecule has 24 heavy (non-hydrogen) atoms. The van der Waals surface area contributed by atoms with Crippen LogP contribution in [0.3, 0.4) is 0 Å². The summed E-state index contributed by atoms with van der Waals surface area (Å²) in [6, 6.07) is 12.5. The van der Waals surface area contributed by atoms with Crippen LogP contribution >= 0.6 is 0 Å². The quantitative estimate of drug-likeness (QED) is 0.285. The van der Waals surface area contributed by atoms with Crippen LogP contribution in [0.5, 0.6) is 0 Å². The van der Waals surface area contributed by atoms with Gasteiger partial charge in [0.1, 0.15) is 17.2 Å². The van der Waals surface area contributed by atoms with E-state index in [9.17, 15) is 4.79 Å². The largest absolute Gasteiger partial charge is 0.397 e. The van der Waals surface area contributed by atoms with Crippen LogP contribution in [0, 0.1) is 5.41 Å². The molecule has 118 valence electrons. The number of amidine groups is 1. The Morgan fingerprint density at radius 3 is 2.67 bits per heavy atom. The van der Waals surface area contributed by atoms with Crippen molar-refractivity contribution >= 4 is 33.5 Å². The molecule has 0 spiro atoms. The SMILES string of the molecule is N=C(N)c1ccc2nc(-c3c(N)c4ccccc4[nH]c3=O)[nH]c2c1. The summed E-state index contributed by atoms with van der Waals surface area (Å²) in [5, 5.41) is 8.27. The maximum Gasteiger partial charge on any atom is 0.261 e. The van der Waals surface area contributed by atoms with E-state index in [-0.39, 0.29) is 11.4 Å². The molecule has 7 heteroatoms. The first kappa shape index (κ1) is 14.0. The van der Waals surface area contributed by atoms with Gasteiger partial charge in [-0.05, 0) is 24.3 Å². The fraction of sp³-hybridized carbons (Fsp3) is 0. The lowest BCUT2D eigenvalue weighted by atomic mass is 10.1. The molecule has 0 aliphatic rings. The van der Waals surface area contributed by atoms with Gasteiger partial charge < -0.3 is 21.4 Å². The summed E-state index contributed by atoms with van der Waals surface area (Å²) < 4.78 is 0. The number of para-hydroxylation sites is 1. The highest BCUT2D eigenvalue weighted by Gasteiger charge is 2.16. The maximum absolute atomic E-state index is 12.5. The van der Waals surface area contributed by atoms with Gasteiger partial charge in [-0.25, -0.2) is 4.98 Å². The Morgan fingerprint density at radius 2 is 1.88 bits per heavy atom. The molecule has 0 unspecified atom stereocenters. The number of H-pyrrole nitrogens is 2. The highest BCUT2D eigenvalue weighted by atomic mass is 16.1. The predicted octanol–water partition coefficient (Wildman–Crippen LogP) is 1.94. The fourth-order valence-electron chi connectivity index (χ4n) is 2.80. The molecule has 0 aliphatic carbocycles. The van der Waals surface area contributed by atoms with Crippen molar-refractivity contribution in [3.63, 3.8) is 0 Å². The second-order valence-electron chi connectivity index (χ2n) is 5.52. The van der Waals surface area contributed by atoms with E-state index >= 15 is 0 Å². The van der Waals surface area contributed by atoms with E-state index in [2.05, 4.69) is 15.0 Å². The normalized spacial score (nSPS) is 11.2. The van der Waals surface area contributed by atoms with Gasteiger partial charge in [0.05, 0.1) is 22.2 Å². The van der Waals surface area contributed by atoms with Crippen molar-refractivity contribution in [3.8, 4) is 11.4 Å². The molecule has 0 saturated heterocycles. The van der Waals surface area contributed by atoms with Gasteiger partial charge >= 0.3 is 0 Å². The number of aromatic nitrogens is 3. The Hall–Kier alpha value is -3.61. The third kappa shape index (κ3) is 2.03. The second kappa shape index (κ2) is 4.95.